The lowest BCUT2D eigenvalue weighted by Crippen LogP contribution is -2.62. The van der Waals surface area contributed by atoms with Crippen molar-refractivity contribution >= 4 is 23.9 Å². The van der Waals surface area contributed by atoms with Crippen LogP contribution in [-0.4, -0.2) is 66.3 Å². The second-order valence-electron chi connectivity index (χ2n) is 7.61. The van der Waals surface area contributed by atoms with Gasteiger partial charge in [-0.3, -0.25) is 19.2 Å². The number of aliphatic hydroxyl groups is 1. The van der Waals surface area contributed by atoms with E-state index in [1.165, 1.54) is 0 Å². The maximum atomic E-state index is 12.3. The third-order valence-electron chi connectivity index (χ3n) is 4.64. The van der Waals surface area contributed by atoms with Crippen LogP contribution in [0.15, 0.2) is 0 Å². The van der Waals surface area contributed by atoms with E-state index in [4.69, 9.17) is 23.7 Å². The van der Waals surface area contributed by atoms with Gasteiger partial charge in [0.2, 0.25) is 0 Å². The summed E-state index contributed by atoms with van der Waals surface area (Å²) in [5.74, 6) is -2.30. The molecule has 5 atom stereocenters. The Balaban J connectivity index is 3.19. The largest absolute Gasteiger partial charge is 0.463 e. The fraction of sp³-hybridized carbons (Fsp3) is 0.818. The van der Waals surface area contributed by atoms with Crippen molar-refractivity contribution in [3.05, 3.63) is 0 Å². The molecule has 184 valence electrons. The van der Waals surface area contributed by atoms with Crippen LogP contribution in [0.1, 0.15) is 79.1 Å². The van der Waals surface area contributed by atoms with Gasteiger partial charge in [-0.25, -0.2) is 0 Å². The van der Waals surface area contributed by atoms with Crippen LogP contribution in [-0.2, 0) is 42.9 Å². The van der Waals surface area contributed by atoms with Gasteiger partial charge >= 0.3 is 23.9 Å². The number of aliphatic hydroxyl groups excluding tert-OH is 1. The maximum absolute atomic E-state index is 12.3. The average molecular weight is 461 g/mol. The minimum absolute atomic E-state index is 0.0782. The molecule has 0 aromatic rings. The monoisotopic (exact) mass is 460 g/mol. The Morgan fingerprint density at radius 2 is 1.06 bits per heavy atom. The standard InChI is InChI=1S/C22H36O10/c1-5-9-15(23)28-13-14-19(30-16(24)10-6-2)20(31-17(25)11-7-3)21(22(27)29-14)32-18(26)12-8-4/h14,19-22,27H,5-13H2,1-4H3/t14-,19+,20+,21-,22-/m1/s1. The van der Waals surface area contributed by atoms with E-state index in [-0.39, 0.29) is 32.3 Å². The van der Waals surface area contributed by atoms with E-state index in [0.29, 0.717) is 25.7 Å². The van der Waals surface area contributed by atoms with E-state index in [1.54, 1.807) is 20.8 Å². The molecule has 1 N–H and O–H groups in total. The highest BCUT2D eigenvalue weighted by Gasteiger charge is 2.52. The molecule has 0 amide bonds. The molecule has 0 aromatic heterocycles. The molecular formula is C22H36O10. The Hall–Kier alpha value is -2.20. The predicted octanol–water partition coefficient (Wildman–Crippen LogP) is 2.18. The smallest absolute Gasteiger partial charge is 0.306 e. The van der Waals surface area contributed by atoms with E-state index in [0.717, 1.165) is 0 Å². The Morgan fingerprint density at radius 1 is 0.656 bits per heavy atom. The normalized spacial score (nSPS) is 25.0. The van der Waals surface area contributed by atoms with Crippen molar-refractivity contribution in [2.45, 2.75) is 110 Å². The molecule has 0 radical (unpaired) electrons. The zero-order valence-electron chi connectivity index (χ0n) is 19.4. The first kappa shape index (κ1) is 27.8. The molecule has 0 bridgehead atoms. The van der Waals surface area contributed by atoms with E-state index in [1.807, 2.05) is 6.92 Å². The van der Waals surface area contributed by atoms with E-state index in [9.17, 15) is 24.3 Å². The van der Waals surface area contributed by atoms with Crippen LogP contribution in [0.5, 0.6) is 0 Å². The Bertz CT molecular complexity index is 620. The second-order valence-corrected chi connectivity index (χ2v) is 7.61. The van der Waals surface area contributed by atoms with Gasteiger partial charge in [0.15, 0.2) is 24.6 Å². The SMILES string of the molecule is CCCC(=O)OC[C@H]1O[C@@H](O)[C@H](OC(=O)CCC)[C@@H](OC(=O)CCC)[C@H]1OC(=O)CCC. The van der Waals surface area contributed by atoms with Gasteiger partial charge in [-0.2, -0.15) is 0 Å². The third-order valence-corrected chi connectivity index (χ3v) is 4.64. The molecule has 0 spiro atoms. The lowest BCUT2D eigenvalue weighted by molar-refractivity contribution is -0.297. The van der Waals surface area contributed by atoms with Crippen molar-refractivity contribution in [2.75, 3.05) is 6.61 Å². The van der Waals surface area contributed by atoms with Gasteiger partial charge in [-0.1, -0.05) is 27.7 Å². The lowest BCUT2D eigenvalue weighted by Gasteiger charge is -2.42. The van der Waals surface area contributed by atoms with Crippen LogP contribution in [0.3, 0.4) is 0 Å². The van der Waals surface area contributed by atoms with Crippen molar-refractivity contribution in [3.8, 4) is 0 Å². The van der Waals surface area contributed by atoms with E-state index >= 15 is 0 Å². The molecular weight excluding hydrogens is 424 g/mol. The van der Waals surface area contributed by atoms with Gasteiger partial charge in [0.25, 0.3) is 0 Å². The first-order valence-corrected chi connectivity index (χ1v) is 11.3. The molecule has 1 aliphatic heterocycles. The number of carbonyl (C=O) groups excluding carboxylic acids is 4. The molecule has 1 saturated heterocycles. The summed E-state index contributed by atoms with van der Waals surface area (Å²) in [5, 5.41) is 10.5. The quantitative estimate of drug-likeness (QED) is 0.322. The van der Waals surface area contributed by atoms with Crippen LogP contribution in [0.25, 0.3) is 0 Å². The summed E-state index contributed by atoms with van der Waals surface area (Å²) in [6, 6.07) is 0. The molecule has 1 aliphatic rings. The first-order valence-electron chi connectivity index (χ1n) is 11.3. The van der Waals surface area contributed by atoms with Crippen molar-refractivity contribution in [1.29, 1.82) is 0 Å². The van der Waals surface area contributed by atoms with Crippen molar-refractivity contribution in [2.24, 2.45) is 0 Å². The number of hydrogen-bond donors (Lipinski definition) is 1. The Kier molecular flexibility index (Phi) is 12.9. The van der Waals surface area contributed by atoms with Crippen molar-refractivity contribution in [3.63, 3.8) is 0 Å². The Labute approximate surface area is 188 Å². The Morgan fingerprint density at radius 3 is 1.53 bits per heavy atom. The number of carbonyl (C=O) groups is 4. The van der Waals surface area contributed by atoms with E-state index < -0.39 is 54.6 Å². The number of esters is 4. The zero-order chi connectivity index (χ0) is 24.1. The van der Waals surface area contributed by atoms with Gasteiger partial charge in [0.1, 0.15) is 12.7 Å². The molecule has 10 nitrogen and oxygen atoms in total. The molecule has 1 rings (SSSR count). The summed E-state index contributed by atoms with van der Waals surface area (Å²) in [5.41, 5.74) is 0. The molecule has 1 fully saturated rings. The fourth-order valence-electron chi connectivity index (χ4n) is 3.13. The molecule has 0 aliphatic carbocycles. The minimum atomic E-state index is -1.67. The summed E-state index contributed by atoms with van der Waals surface area (Å²) in [6.45, 7) is 6.84. The van der Waals surface area contributed by atoms with Gasteiger partial charge in [0, 0.05) is 25.7 Å². The average Bonchev–Trinajstić information content (AvgIpc) is 2.72. The van der Waals surface area contributed by atoms with Crippen LogP contribution in [0.2, 0.25) is 0 Å². The topological polar surface area (TPSA) is 135 Å². The number of ether oxygens (including phenoxy) is 5. The number of hydrogen-bond acceptors (Lipinski definition) is 10. The lowest BCUT2D eigenvalue weighted by atomic mass is 9.98. The first-order chi connectivity index (χ1) is 15.3. The minimum Gasteiger partial charge on any atom is -0.463 e. The highest BCUT2D eigenvalue weighted by molar-refractivity contribution is 5.72. The molecule has 1 heterocycles. The third kappa shape index (κ3) is 9.12. The second kappa shape index (κ2) is 14.8. The van der Waals surface area contributed by atoms with Crippen LogP contribution < -0.4 is 0 Å². The van der Waals surface area contributed by atoms with Gasteiger partial charge in [-0.15, -0.1) is 0 Å². The molecule has 0 saturated carbocycles. The van der Waals surface area contributed by atoms with Gasteiger partial charge in [0.05, 0.1) is 0 Å². The summed E-state index contributed by atoms with van der Waals surface area (Å²) < 4.78 is 27.0. The molecule has 0 unspecified atom stereocenters. The van der Waals surface area contributed by atoms with E-state index in [2.05, 4.69) is 0 Å². The molecule has 0 aromatic carbocycles. The zero-order valence-corrected chi connectivity index (χ0v) is 19.4. The molecule has 32 heavy (non-hydrogen) atoms. The van der Waals surface area contributed by atoms with Crippen molar-refractivity contribution in [1.82, 2.24) is 0 Å². The predicted molar refractivity (Wildman–Crippen MR) is 111 cm³/mol. The fourth-order valence-corrected chi connectivity index (χ4v) is 3.13. The van der Waals surface area contributed by atoms with Crippen LogP contribution in [0.4, 0.5) is 0 Å². The summed E-state index contributed by atoms with van der Waals surface area (Å²) >= 11 is 0. The highest BCUT2D eigenvalue weighted by atomic mass is 16.7. The van der Waals surface area contributed by atoms with Crippen LogP contribution >= 0.6 is 0 Å². The summed E-state index contributed by atoms with van der Waals surface area (Å²) in [7, 11) is 0. The summed E-state index contributed by atoms with van der Waals surface area (Å²) in [6.07, 6.45) is -4.23. The maximum Gasteiger partial charge on any atom is 0.306 e. The van der Waals surface area contributed by atoms with Gasteiger partial charge < -0.3 is 28.8 Å². The van der Waals surface area contributed by atoms with Crippen molar-refractivity contribution < 1.29 is 48.0 Å². The summed E-state index contributed by atoms with van der Waals surface area (Å²) in [4.78, 5) is 48.5. The van der Waals surface area contributed by atoms with Crippen LogP contribution in [0, 0.1) is 0 Å². The number of rotatable bonds is 13. The van der Waals surface area contributed by atoms with Gasteiger partial charge in [-0.05, 0) is 25.7 Å². The molecule has 10 heteroatoms. The highest BCUT2D eigenvalue weighted by Crippen LogP contribution is 2.29.